The molecule has 94 valence electrons. The topological polar surface area (TPSA) is 67.2 Å². The van der Waals surface area contributed by atoms with E-state index in [9.17, 15) is 4.79 Å². The lowest BCUT2D eigenvalue weighted by Crippen LogP contribution is -2.25. The molecular formula is C13H15N3O2. The molecule has 2 aromatic rings. The number of aromatic nitrogens is 2. The molecule has 1 aliphatic rings. The van der Waals surface area contributed by atoms with Crippen LogP contribution < -0.4 is 10.9 Å². The van der Waals surface area contributed by atoms with Gasteiger partial charge < -0.3 is 10.4 Å². The summed E-state index contributed by atoms with van der Waals surface area (Å²) in [5.74, 6) is 0.787. The molecule has 5 nitrogen and oxygen atoms in total. The van der Waals surface area contributed by atoms with E-state index in [2.05, 4.69) is 10.3 Å². The van der Waals surface area contributed by atoms with Gasteiger partial charge in [-0.1, -0.05) is 0 Å². The standard InChI is InChI=1S/C13H15N3O2/c17-6-5-16-12(15-10-1-2-10)7-9-3-4-14-8-11(9)13(16)18/h3-4,7-8,10,15,17H,1-2,5-6H2. The fourth-order valence-corrected chi connectivity index (χ4v) is 2.07. The number of nitrogens with zero attached hydrogens (tertiary/aromatic N) is 2. The zero-order valence-electron chi connectivity index (χ0n) is 9.97. The number of fused-ring (bicyclic) bond motifs is 1. The van der Waals surface area contributed by atoms with Gasteiger partial charge in [-0.2, -0.15) is 0 Å². The van der Waals surface area contributed by atoms with Gasteiger partial charge in [0, 0.05) is 18.4 Å². The molecule has 1 saturated carbocycles. The van der Waals surface area contributed by atoms with Gasteiger partial charge in [-0.3, -0.25) is 14.3 Å². The van der Waals surface area contributed by atoms with E-state index in [4.69, 9.17) is 5.11 Å². The molecule has 3 rings (SSSR count). The second-order valence-corrected chi connectivity index (χ2v) is 4.59. The van der Waals surface area contributed by atoms with Crippen molar-refractivity contribution < 1.29 is 5.11 Å². The molecule has 0 bridgehead atoms. The van der Waals surface area contributed by atoms with E-state index in [0.29, 0.717) is 18.0 Å². The first kappa shape index (κ1) is 11.2. The summed E-state index contributed by atoms with van der Waals surface area (Å²) in [7, 11) is 0. The number of aliphatic hydroxyl groups excluding tert-OH is 1. The molecule has 5 heteroatoms. The van der Waals surface area contributed by atoms with Crippen molar-refractivity contribution in [1.82, 2.24) is 9.55 Å². The molecule has 1 aliphatic carbocycles. The van der Waals surface area contributed by atoms with Crippen LogP contribution in [0.3, 0.4) is 0 Å². The maximum atomic E-state index is 12.3. The van der Waals surface area contributed by atoms with Gasteiger partial charge in [-0.05, 0) is 30.4 Å². The van der Waals surface area contributed by atoms with Gasteiger partial charge in [-0.15, -0.1) is 0 Å². The summed E-state index contributed by atoms with van der Waals surface area (Å²) in [6.45, 7) is 0.254. The predicted octanol–water partition coefficient (Wildman–Crippen LogP) is 0.963. The van der Waals surface area contributed by atoms with Crippen LogP contribution in [-0.4, -0.2) is 27.3 Å². The van der Waals surface area contributed by atoms with Crippen LogP contribution >= 0.6 is 0 Å². The van der Waals surface area contributed by atoms with Crippen molar-refractivity contribution in [2.24, 2.45) is 0 Å². The maximum Gasteiger partial charge on any atom is 0.261 e. The molecule has 2 heterocycles. The summed E-state index contributed by atoms with van der Waals surface area (Å²) in [6, 6.07) is 4.25. The molecule has 2 N–H and O–H groups in total. The largest absolute Gasteiger partial charge is 0.395 e. The summed E-state index contributed by atoms with van der Waals surface area (Å²) in [5, 5.41) is 13.9. The predicted molar refractivity (Wildman–Crippen MR) is 69.7 cm³/mol. The second-order valence-electron chi connectivity index (χ2n) is 4.59. The van der Waals surface area contributed by atoms with Crippen LogP contribution in [-0.2, 0) is 6.54 Å². The Kier molecular flexibility index (Phi) is 2.76. The van der Waals surface area contributed by atoms with Crippen LogP contribution in [0.4, 0.5) is 5.82 Å². The number of aliphatic hydroxyl groups is 1. The summed E-state index contributed by atoms with van der Waals surface area (Å²) in [5.41, 5.74) is -0.0993. The lowest BCUT2D eigenvalue weighted by atomic mass is 10.2. The second kappa shape index (κ2) is 4.42. The van der Waals surface area contributed by atoms with Crippen LogP contribution in [0.2, 0.25) is 0 Å². The Morgan fingerprint density at radius 2 is 2.33 bits per heavy atom. The van der Waals surface area contributed by atoms with Crippen molar-refractivity contribution in [3.63, 3.8) is 0 Å². The van der Waals surface area contributed by atoms with Crippen molar-refractivity contribution in [3.05, 3.63) is 34.9 Å². The Morgan fingerprint density at radius 3 is 3.06 bits per heavy atom. The highest BCUT2D eigenvalue weighted by molar-refractivity contribution is 5.83. The molecule has 0 aromatic carbocycles. The Hall–Kier alpha value is -1.88. The summed E-state index contributed by atoms with van der Waals surface area (Å²) in [4.78, 5) is 16.3. The summed E-state index contributed by atoms with van der Waals surface area (Å²) < 4.78 is 1.59. The number of hydrogen-bond donors (Lipinski definition) is 2. The van der Waals surface area contributed by atoms with Crippen LogP contribution in [0, 0.1) is 0 Å². The highest BCUT2D eigenvalue weighted by Gasteiger charge is 2.22. The number of anilines is 1. The quantitative estimate of drug-likeness (QED) is 0.842. The first-order valence-corrected chi connectivity index (χ1v) is 6.14. The van der Waals surface area contributed by atoms with Crippen molar-refractivity contribution >= 4 is 16.6 Å². The lowest BCUT2D eigenvalue weighted by molar-refractivity contribution is 0.275. The Morgan fingerprint density at radius 1 is 1.50 bits per heavy atom. The molecule has 1 fully saturated rings. The zero-order valence-corrected chi connectivity index (χ0v) is 9.97. The zero-order chi connectivity index (χ0) is 12.5. The van der Waals surface area contributed by atoms with E-state index in [1.807, 2.05) is 12.1 Å². The van der Waals surface area contributed by atoms with Crippen LogP contribution in [0.5, 0.6) is 0 Å². The monoisotopic (exact) mass is 245 g/mol. The molecule has 0 unspecified atom stereocenters. The summed E-state index contributed by atoms with van der Waals surface area (Å²) >= 11 is 0. The maximum absolute atomic E-state index is 12.3. The van der Waals surface area contributed by atoms with Crippen molar-refractivity contribution in [2.45, 2.75) is 25.4 Å². The van der Waals surface area contributed by atoms with Gasteiger partial charge >= 0.3 is 0 Å². The van der Waals surface area contributed by atoms with Gasteiger partial charge in [0.05, 0.1) is 18.5 Å². The van der Waals surface area contributed by atoms with E-state index in [1.165, 1.54) is 0 Å². The lowest BCUT2D eigenvalue weighted by Gasteiger charge is -2.14. The third kappa shape index (κ3) is 1.97. The van der Waals surface area contributed by atoms with Crippen molar-refractivity contribution in [3.8, 4) is 0 Å². The molecule has 0 spiro atoms. The smallest absolute Gasteiger partial charge is 0.261 e. The van der Waals surface area contributed by atoms with Crippen LogP contribution in [0.25, 0.3) is 10.8 Å². The summed E-state index contributed by atoms with van der Waals surface area (Å²) in [6.07, 6.45) is 5.54. The third-order valence-electron chi connectivity index (χ3n) is 3.17. The van der Waals surface area contributed by atoms with E-state index in [-0.39, 0.29) is 12.2 Å². The van der Waals surface area contributed by atoms with Gasteiger partial charge in [-0.25, -0.2) is 0 Å². The number of nitrogens with one attached hydrogen (secondary N) is 1. The molecule has 0 atom stereocenters. The third-order valence-corrected chi connectivity index (χ3v) is 3.17. The van der Waals surface area contributed by atoms with E-state index >= 15 is 0 Å². The molecular weight excluding hydrogens is 230 g/mol. The molecule has 0 radical (unpaired) electrons. The normalized spacial score (nSPS) is 14.9. The minimum atomic E-state index is -0.0993. The fraction of sp³-hybridized carbons (Fsp3) is 0.385. The minimum Gasteiger partial charge on any atom is -0.395 e. The van der Waals surface area contributed by atoms with E-state index < -0.39 is 0 Å². The highest BCUT2D eigenvalue weighted by Crippen LogP contribution is 2.25. The minimum absolute atomic E-state index is 0.0506. The fourth-order valence-electron chi connectivity index (χ4n) is 2.07. The highest BCUT2D eigenvalue weighted by atomic mass is 16.3. The SMILES string of the molecule is O=c1c2cnccc2cc(NC2CC2)n1CCO. The molecule has 18 heavy (non-hydrogen) atoms. The molecule has 0 aliphatic heterocycles. The van der Waals surface area contributed by atoms with Gasteiger partial charge in [0.15, 0.2) is 0 Å². The first-order valence-electron chi connectivity index (χ1n) is 6.14. The Labute approximate surface area is 104 Å². The Bertz CT molecular complexity index is 632. The van der Waals surface area contributed by atoms with E-state index in [0.717, 1.165) is 24.0 Å². The Balaban J connectivity index is 2.17. The molecule has 0 amide bonds. The first-order chi connectivity index (χ1) is 8.79. The number of pyridine rings is 2. The average Bonchev–Trinajstić information content (AvgIpc) is 3.18. The van der Waals surface area contributed by atoms with Gasteiger partial charge in [0.1, 0.15) is 5.82 Å². The van der Waals surface area contributed by atoms with Crippen LogP contribution in [0.15, 0.2) is 29.3 Å². The average molecular weight is 245 g/mol. The number of hydrogen-bond acceptors (Lipinski definition) is 4. The van der Waals surface area contributed by atoms with Gasteiger partial charge in [0.2, 0.25) is 0 Å². The van der Waals surface area contributed by atoms with Gasteiger partial charge in [0.25, 0.3) is 5.56 Å². The molecule has 2 aromatic heterocycles. The van der Waals surface area contributed by atoms with Crippen LogP contribution in [0.1, 0.15) is 12.8 Å². The van der Waals surface area contributed by atoms with Crippen molar-refractivity contribution in [2.75, 3.05) is 11.9 Å². The molecule has 0 saturated heterocycles. The number of rotatable bonds is 4. The van der Waals surface area contributed by atoms with E-state index in [1.54, 1.807) is 17.0 Å². The van der Waals surface area contributed by atoms with Crippen molar-refractivity contribution in [1.29, 1.82) is 0 Å².